The van der Waals surface area contributed by atoms with Crippen molar-refractivity contribution in [3.63, 3.8) is 0 Å². The Labute approximate surface area is 326 Å². The molecule has 8 nitrogen and oxygen atoms in total. The fourth-order valence-corrected chi connectivity index (χ4v) is 9.48. The van der Waals surface area contributed by atoms with Crippen LogP contribution in [0, 0.1) is 18.8 Å². The number of hydrogen-bond donors (Lipinski definition) is 1. The molecule has 0 radical (unpaired) electrons. The Hall–Kier alpha value is -3.15. The van der Waals surface area contributed by atoms with Crippen LogP contribution in [0.1, 0.15) is 112 Å². The predicted molar refractivity (Wildman–Crippen MR) is 211 cm³/mol. The molecule has 3 heterocycles. The van der Waals surface area contributed by atoms with Gasteiger partial charge in [0, 0.05) is 68.8 Å². The lowest BCUT2D eigenvalue weighted by Gasteiger charge is -2.45. The van der Waals surface area contributed by atoms with E-state index < -0.39 is 12.7 Å². The van der Waals surface area contributed by atoms with Crippen molar-refractivity contribution in [2.45, 2.75) is 129 Å². The second-order valence-electron chi connectivity index (χ2n) is 16.7. The number of ether oxygens (including phenoxy) is 2. The van der Waals surface area contributed by atoms with Gasteiger partial charge in [-0.1, -0.05) is 76.1 Å². The van der Waals surface area contributed by atoms with Gasteiger partial charge in [0.05, 0.1) is 19.1 Å². The Morgan fingerprint density at radius 3 is 2.11 bits per heavy atom. The van der Waals surface area contributed by atoms with Crippen molar-refractivity contribution in [3.05, 3.63) is 53.1 Å². The van der Waals surface area contributed by atoms with Gasteiger partial charge in [0.25, 0.3) is 5.91 Å². The van der Waals surface area contributed by atoms with Crippen LogP contribution < -0.4 is 10.2 Å². The molecule has 6 rings (SSSR count). The highest BCUT2D eigenvalue weighted by molar-refractivity contribution is 5.99. The van der Waals surface area contributed by atoms with Crippen molar-refractivity contribution in [2.75, 3.05) is 57.5 Å². The molecule has 2 amide bonds. The fourth-order valence-electron chi connectivity index (χ4n) is 9.48. The van der Waals surface area contributed by atoms with Crippen molar-refractivity contribution < 1.29 is 32.2 Å². The quantitative estimate of drug-likeness (QED) is 0.261. The van der Waals surface area contributed by atoms with Crippen LogP contribution in [0.3, 0.4) is 0 Å². The zero-order valence-corrected chi connectivity index (χ0v) is 33.3. The molecule has 0 spiro atoms. The number of carbonyl (C=O) groups excluding carboxylic acids is 2. The Morgan fingerprint density at radius 2 is 1.47 bits per heavy atom. The van der Waals surface area contributed by atoms with Gasteiger partial charge < -0.3 is 24.6 Å². The van der Waals surface area contributed by atoms with Crippen molar-refractivity contribution in [3.8, 4) is 11.1 Å². The van der Waals surface area contributed by atoms with Crippen molar-refractivity contribution >= 4 is 17.5 Å². The molecule has 3 atom stereocenters. The van der Waals surface area contributed by atoms with E-state index in [1.807, 2.05) is 24.3 Å². The van der Waals surface area contributed by atoms with E-state index in [0.29, 0.717) is 61.6 Å². The van der Waals surface area contributed by atoms with Gasteiger partial charge in [-0.3, -0.25) is 14.5 Å². The maximum atomic E-state index is 14.3. The lowest BCUT2D eigenvalue weighted by atomic mass is 9.81. The molecule has 2 aromatic rings. The minimum absolute atomic E-state index is 0.0911. The first-order chi connectivity index (χ1) is 26.5. The number of hydrogen-bond acceptors (Lipinski definition) is 6. The molecule has 4 fully saturated rings. The van der Waals surface area contributed by atoms with E-state index in [4.69, 9.17) is 9.47 Å². The van der Waals surface area contributed by atoms with E-state index in [1.54, 1.807) is 6.92 Å². The number of halogens is 3. The van der Waals surface area contributed by atoms with Crippen LogP contribution in [0.25, 0.3) is 11.1 Å². The molecule has 3 saturated heterocycles. The molecule has 1 N–H and O–H groups in total. The van der Waals surface area contributed by atoms with Crippen LogP contribution in [-0.4, -0.2) is 98.5 Å². The number of carbonyl (C=O) groups is 2. The molecular formula is C44H63F3N4O4. The zero-order valence-electron chi connectivity index (χ0n) is 33.3. The first-order valence-corrected chi connectivity index (χ1v) is 21.0. The number of nitrogens with one attached hydrogen (secondary N) is 1. The van der Waals surface area contributed by atoms with Crippen molar-refractivity contribution in [1.82, 2.24) is 15.1 Å². The van der Waals surface area contributed by atoms with Crippen LogP contribution >= 0.6 is 0 Å². The van der Waals surface area contributed by atoms with Gasteiger partial charge in [-0.2, -0.15) is 13.2 Å². The van der Waals surface area contributed by atoms with Gasteiger partial charge in [-0.05, 0) is 86.3 Å². The lowest BCUT2D eigenvalue weighted by molar-refractivity contribution is -0.147. The minimum Gasteiger partial charge on any atom is -0.381 e. The average Bonchev–Trinajstić information content (AvgIpc) is 3.17. The van der Waals surface area contributed by atoms with Crippen LogP contribution in [0.5, 0.6) is 0 Å². The third-order valence-electron chi connectivity index (χ3n) is 12.6. The van der Waals surface area contributed by atoms with Crippen LogP contribution in [0.4, 0.5) is 18.9 Å². The Bertz CT molecular complexity index is 1550. The largest absolute Gasteiger partial charge is 0.405 e. The number of amides is 2. The van der Waals surface area contributed by atoms with Crippen molar-refractivity contribution in [1.29, 1.82) is 0 Å². The number of piperidine rings is 1. The second-order valence-corrected chi connectivity index (χ2v) is 16.7. The summed E-state index contributed by atoms with van der Waals surface area (Å²) < 4.78 is 53.8. The van der Waals surface area contributed by atoms with E-state index in [2.05, 4.69) is 41.1 Å². The normalized spacial score (nSPS) is 24.4. The third kappa shape index (κ3) is 11.0. The summed E-state index contributed by atoms with van der Waals surface area (Å²) in [7, 11) is 0. The molecule has 1 saturated carbocycles. The molecule has 0 bridgehead atoms. The van der Waals surface area contributed by atoms with E-state index in [1.165, 1.54) is 37.0 Å². The molecule has 3 aliphatic heterocycles. The number of morpholine rings is 1. The molecule has 3 unspecified atom stereocenters. The summed E-state index contributed by atoms with van der Waals surface area (Å²) in [5.41, 5.74) is 3.88. The van der Waals surface area contributed by atoms with Crippen LogP contribution in [-0.2, 0) is 20.8 Å². The van der Waals surface area contributed by atoms with Gasteiger partial charge in [-0.15, -0.1) is 0 Å². The SMILES string of the molecule is Cc1c(C(=O)NCC2C(=O)N(C3CCCCCCCCC3)C(C)CC2C)cc(-c2ccc(CN3CCOCC3)cc2)cc1N(CC(F)(F)F)C1CCOCC1. The molecule has 1 aliphatic carbocycles. The molecule has 2 aromatic carbocycles. The van der Waals surface area contributed by atoms with Gasteiger partial charge in [0.2, 0.25) is 5.91 Å². The number of nitrogens with zero attached hydrogens (tertiary/aromatic N) is 3. The highest BCUT2D eigenvalue weighted by Gasteiger charge is 2.41. The summed E-state index contributed by atoms with van der Waals surface area (Å²) >= 11 is 0. The second kappa shape index (κ2) is 19.3. The van der Waals surface area contributed by atoms with Gasteiger partial charge >= 0.3 is 6.18 Å². The number of anilines is 1. The molecule has 4 aliphatic rings. The maximum Gasteiger partial charge on any atom is 0.405 e. The van der Waals surface area contributed by atoms with Crippen LogP contribution in [0.15, 0.2) is 36.4 Å². The smallest absolute Gasteiger partial charge is 0.381 e. The third-order valence-corrected chi connectivity index (χ3v) is 12.6. The summed E-state index contributed by atoms with van der Waals surface area (Å²) in [5.74, 6) is -0.519. The Kier molecular flexibility index (Phi) is 14.6. The fraction of sp³-hybridized carbons (Fsp3) is 0.682. The molecular weight excluding hydrogens is 706 g/mol. The average molecular weight is 769 g/mol. The molecule has 304 valence electrons. The van der Waals surface area contributed by atoms with E-state index >= 15 is 0 Å². The van der Waals surface area contributed by atoms with E-state index in [0.717, 1.165) is 62.9 Å². The minimum atomic E-state index is -4.44. The number of rotatable bonds is 10. The highest BCUT2D eigenvalue weighted by atomic mass is 19.4. The maximum absolute atomic E-state index is 14.3. The predicted octanol–water partition coefficient (Wildman–Crippen LogP) is 8.54. The Balaban J connectivity index is 1.27. The van der Waals surface area contributed by atoms with Crippen molar-refractivity contribution in [2.24, 2.45) is 11.8 Å². The molecule has 11 heteroatoms. The monoisotopic (exact) mass is 768 g/mol. The van der Waals surface area contributed by atoms with Gasteiger partial charge in [-0.25, -0.2) is 0 Å². The first kappa shape index (κ1) is 41.5. The number of likely N-dealkylation sites (tertiary alicyclic amines) is 1. The highest BCUT2D eigenvalue weighted by Crippen LogP contribution is 2.37. The number of benzene rings is 2. The summed E-state index contributed by atoms with van der Waals surface area (Å²) in [5, 5.41) is 3.11. The first-order valence-electron chi connectivity index (χ1n) is 21.0. The standard InChI is InChI=1S/C44H63F3N4O4/c1-31-25-32(2)51(38-11-9-7-5-4-6-8-10-12-38)43(53)40(31)28-48-42(52)39-26-36(35-15-13-34(14-16-35)29-49-19-23-55-24-20-49)27-41(33(39)3)50(30-44(45,46)47)37-17-21-54-22-18-37/h13-16,26-27,31-32,37-38,40H,4-12,17-25,28-30H2,1-3H3,(H,48,52). The Morgan fingerprint density at radius 1 is 0.855 bits per heavy atom. The van der Waals surface area contributed by atoms with E-state index in [9.17, 15) is 22.8 Å². The summed E-state index contributed by atoms with van der Waals surface area (Å²) in [6.45, 7) is 9.81. The van der Waals surface area contributed by atoms with Crippen LogP contribution in [0.2, 0.25) is 0 Å². The molecule has 0 aromatic heterocycles. The summed E-state index contributed by atoms with van der Waals surface area (Å²) in [6.07, 6.45) is 7.89. The van der Waals surface area contributed by atoms with Gasteiger partial charge in [0.1, 0.15) is 6.54 Å². The summed E-state index contributed by atoms with van der Waals surface area (Å²) in [6, 6.07) is 11.7. The zero-order chi connectivity index (χ0) is 39.0. The van der Waals surface area contributed by atoms with E-state index in [-0.39, 0.29) is 48.3 Å². The van der Waals surface area contributed by atoms with Gasteiger partial charge in [0.15, 0.2) is 0 Å². The lowest BCUT2D eigenvalue weighted by Crippen LogP contribution is -2.56. The summed E-state index contributed by atoms with van der Waals surface area (Å²) in [4.78, 5) is 34.5. The number of alkyl halides is 3. The topological polar surface area (TPSA) is 74.4 Å². The molecule has 55 heavy (non-hydrogen) atoms.